The Labute approximate surface area is 165 Å². The molecular weight excluding hydrogens is 364 g/mol. The van der Waals surface area contributed by atoms with E-state index in [2.05, 4.69) is 15.6 Å². The number of hydrazine groups is 1. The van der Waals surface area contributed by atoms with E-state index in [-0.39, 0.29) is 24.5 Å². The summed E-state index contributed by atoms with van der Waals surface area (Å²) in [5, 5.41) is 3.68. The number of piperidine rings is 1. The van der Waals surface area contributed by atoms with Crippen molar-refractivity contribution in [2.75, 3.05) is 32.8 Å². The Hall–Kier alpha value is -1.71. The monoisotopic (exact) mass is 394 g/mol. The van der Waals surface area contributed by atoms with E-state index in [4.69, 9.17) is 9.47 Å². The van der Waals surface area contributed by atoms with Crippen LogP contribution in [-0.4, -0.2) is 72.4 Å². The number of hydrogen-bond acceptors (Lipinski definition) is 6. The third kappa shape index (κ3) is 4.01. The number of urea groups is 1. The number of rotatable bonds is 5. The zero-order valence-corrected chi connectivity index (χ0v) is 16.3. The van der Waals surface area contributed by atoms with Crippen LogP contribution in [0.25, 0.3) is 0 Å². The largest absolute Gasteiger partial charge is 0.350 e. The van der Waals surface area contributed by atoms with Gasteiger partial charge in [0.1, 0.15) is 5.54 Å². The fourth-order valence-corrected chi connectivity index (χ4v) is 4.75. The average molecular weight is 394 g/mol. The molecule has 0 aromatic rings. The second kappa shape index (κ2) is 8.34. The number of ether oxygens (including phenoxy) is 2. The Morgan fingerprint density at radius 1 is 1.11 bits per heavy atom. The van der Waals surface area contributed by atoms with E-state index in [1.54, 1.807) is 0 Å². The number of nitrogens with zero attached hydrogens (tertiary/aromatic N) is 2. The first-order chi connectivity index (χ1) is 13.6. The maximum atomic E-state index is 12.7. The lowest BCUT2D eigenvalue weighted by Crippen LogP contribution is -2.51. The molecule has 4 aliphatic rings. The molecule has 9 nitrogen and oxygen atoms in total. The van der Waals surface area contributed by atoms with Crippen molar-refractivity contribution >= 4 is 17.8 Å². The summed E-state index contributed by atoms with van der Waals surface area (Å²) >= 11 is 0. The molecule has 3 aliphatic heterocycles. The van der Waals surface area contributed by atoms with E-state index in [9.17, 15) is 14.4 Å². The number of nitrogens with one attached hydrogen (secondary N) is 2. The van der Waals surface area contributed by atoms with Crippen LogP contribution >= 0.6 is 0 Å². The van der Waals surface area contributed by atoms with Gasteiger partial charge in [0, 0.05) is 18.9 Å². The van der Waals surface area contributed by atoms with E-state index in [0.29, 0.717) is 38.5 Å². The van der Waals surface area contributed by atoms with Gasteiger partial charge in [-0.3, -0.25) is 15.0 Å². The van der Waals surface area contributed by atoms with Gasteiger partial charge in [0.05, 0.1) is 13.2 Å². The average Bonchev–Trinajstić information content (AvgIpc) is 3.32. The number of imide groups is 1. The Bertz CT molecular complexity index is 607. The number of carbonyl (C=O) groups is 3. The summed E-state index contributed by atoms with van der Waals surface area (Å²) in [6.45, 7) is 3.75. The van der Waals surface area contributed by atoms with Gasteiger partial charge in [-0.05, 0) is 38.8 Å². The minimum absolute atomic E-state index is 0.0720. The van der Waals surface area contributed by atoms with Crippen molar-refractivity contribution < 1.29 is 23.9 Å². The summed E-state index contributed by atoms with van der Waals surface area (Å²) in [7, 11) is 0. The van der Waals surface area contributed by atoms with Crippen LogP contribution in [-0.2, 0) is 19.1 Å². The second-order valence-corrected chi connectivity index (χ2v) is 8.29. The van der Waals surface area contributed by atoms with Crippen LogP contribution in [0.5, 0.6) is 0 Å². The van der Waals surface area contributed by atoms with Gasteiger partial charge in [-0.2, -0.15) is 5.01 Å². The molecule has 0 aromatic carbocycles. The van der Waals surface area contributed by atoms with Crippen LogP contribution in [0.15, 0.2) is 0 Å². The highest BCUT2D eigenvalue weighted by Gasteiger charge is 2.52. The van der Waals surface area contributed by atoms with Crippen LogP contribution < -0.4 is 10.7 Å². The first-order valence-electron chi connectivity index (χ1n) is 10.5. The molecule has 4 fully saturated rings. The van der Waals surface area contributed by atoms with Gasteiger partial charge in [0.2, 0.25) is 5.91 Å². The molecule has 156 valence electrons. The normalized spacial score (nSPS) is 26.8. The highest BCUT2D eigenvalue weighted by molar-refractivity contribution is 6.07. The predicted octanol–water partition coefficient (Wildman–Crippen LogP) is 0.747. The summed E-state index contributed by atoms with van der Waals surface area (Å²) in [5.74, 6) is -0.200. The summed E-state index contributed by atoms with van der Waals surface area (Å²) in [6, 6.07) is -0.516. The Balaban J connectivity index is 1.21. The third-order valence-corrected chi connectivity index (χ3v) is 6.43. The highest BCUT2D eigenvalue weighted by Crippen LogP contribution is 2.33. The molecular formula is C19H30N4O5. The number of likely N-dealkylation sites (tertiary alicyclic amines) is 1. The SMILES string of the molecule is O=C(CCN1CCC(C2OCCO2)CC1)NN1C(=O)NC2(CCCCC2)C1=O. The van der Waals surface area contributed by atoms with Gasteiger partial charge < -0.3 is 19.7 Å². The van der Waals surface area contributed by atoms with Crippen LogP contribution in [0.3, 0.4) is 0 Å². The third-order valence-electron chi connectivity index (χ3n) is 6.43. The molecule has 2 N–H and O–H groups in total. The molecule has 1 aliphatic carbocycles. The Kier molecular flexibility index (Phi) is 5.84. The lowest BCUT2D eigenvalue weighted by atomic mass is 9.82. The zero-order chi connectivity index (χ0) is 19.6. The molecule has 0 unspecified atom stereocenters. The molecule has 1 saturated carbocycles. The number of carbonyl (C=O) groups excluding carboxylic acids is 3. The molecule has 1 spiro atoms. The van der Waals surface area contributed by atoms with Gasteiger partial charge in [-0.15, -0.1) is 0 Å². The first-order valence-corrected chi connectivity index (χ1v) is 10.5. The topological polar surface area (TPSA) is 100 Å². The van der Waals surface area contributed by atoms with Crippen molar-refractivity contribution in [3.63, 3.8) is 0 Å². The van der Waals surface area contributed by atoms with Crippen molar-refractivity contribution in [3.8, 4) is 0 Å². The lowest BCUT2D eigenvalue weighted by molar-refractivity contribution is -0.140. The molecule has 3 saturated heterocycles. The quantitative estimate of drug-likeness (QED) is 0.668. The molecule has 4 amide bonds. The fourth-order valence-electron chi connectivity index (χ4n) is 4.75. The summed E-state index contributed by atoms with van der Waals surface area (Å²) in [4.78, 5) is 39.5. The Morgan fingerprint density at radius 3 is 2.46 bits per heavy atom. The summed E-state index contributed by atoms with van der Waals surface area (Å²) in [6.07, 6.45) is 6.36. The molecule has 3 heterocycles. The van der Waals surface area contributed by atoms with Crippen molar-refractivity contribution in [3.05, 3.63) is 0 Å². The number of amides is 4. The number of hydrogen-bond donors (Lipinski definition) is 2. The minimum atomic E-state index is -0.811. The minimum Gasteiger partial charge on any atom is -0.350 e. The molecule has 0 atom stereocenters. The Morgan fingerprint density at radius 2 is 1.79 bits per heavy atom. The van der Waals surface area contributed by atoms with Crippen LogP contribution in [0.1, 0.15) is 51.4 Å². The molecule has 28 heavy (non-hydrogen) atoms. The standard InChI is InChI=1S/C19H30N4O5/c24-15(6-11-22-9-4-14(5-10-22)16-27-12-13-28-16)21-23-17(25)19(20-18(23)26)7-2-1-3-8-19/h14,16H,1-13H2,(H,20,26)(H,21,24). The van der Waals surface area contributed by atoms with Gasteiger partial charge in [-0.1, -0.05) is 19.3 Å². The van der Waals surface area contributed by atoms with Crippen LogP contribution in [0.2, 0.25) is 0 Å². The predicted molar refractivity (Wildman–Crippen MR) is 98.8 cm³/mol. The maximum absolute atomic E-state index is 12.7. The highest BCUT2D eigenvalue weighted by atomic mass is 16.7. The van der Waals surface area contributed by atoms with E-state index in [1.807, 2.05) is 0 Å². The van der Waals surface area contributed by atoms with Gasteiger partial charge in [0.15, 0.2) is 6.29 Å². The van der Waals surface area contributed by atoms with E-state index >= 15 is 0 Å². The van der Waals surface area contributed by atoms with Gasteiger partial charge in [0.25, 0.3) is 5.91 Å². The molecule has 0 bridgehead atoms. The van der Waals surface area contributed by atoms with Gasteiger partial charge in [-0.25, -0.2) is 4.79 Å². The lowest BCUT2D eigenvalue weighted by Gasteiger charge is -2.33. The zero-order valence-electron chi connectivity index (χ0n) is 16.3. The van der Waals surface area contributed by atoms with Crippen molar-refractivity contribution in [2.45, 2.75) is 63.2 Å². The molecule has 0 radical (unpaired) electrons. The first kappa shape index (κ1) is 19.6. The fraction of sp³-hybridized carbons (Fsp3) is 0.842. The summed E-state index contributed by atoms with van der Waals surface area (Å²) < 4.78 is 11.2. The second-order valence-electron chi connectivity index (χ2n) is 8.29. The molecule has 4 rings (SSSR count). The van der Waals surface area contributed by atoms with Crippen LogP contribution in [0.4, 0.5) is 4.79 Å². The smallest absolute Gasteiger partial charge is 0.344 e. The maximum Gasteiger partial charge on any atom is 0.344 e. The van der Waals surface area contributed by atoms with Crippen LogP contribution in [0, 0.1) is 5.92 Å². The van der Waals surface area contributed by atoms with Crippen molar-refractivity contribution in [1.82, 2.24) is 20.7 Å². The van der Waals surface area contributed by atoms with Gasteiger partial charge >= 0.3 is 6.03 Å². The van der Waals surface area contributed by atoms with Crippen molar-refractivity contribution in [1.29, 1.82) is 0 Å². The van der Waals surface area contributed by atoms with E-state index < -0.39 is 11.6 Å². The molecule has 9 heteroatoms. The van der Waals surface area contributed by atoms with E-state index in [0.717, 1.165) is 50.2 Å². The summed E-state index contributed by atoms with van der Waals surface area (Å²) in [5.41, 5.74) is 1.70. The van der Waals surface area contributed by atoms with E-state index in [1.165, 1.54) is 0 Å². The van der Waals surface area contributed by atoms with Crippen molar-refractivity contribution in [2.24, 2.45) is 5.92 Å². The molecule has 0 aromatic heterocycles.